The summed E-state index contributed by atoms with van der Waals surface area (Å²) in [5, 5.41) is 0. The Kier molecular flexibility index (Phi) is 3.29. The van der Waals surface area contributed by atoms with Gasteiger partial charge in [0.1, 0.15) is 0 Å². The van der Waals surface area contributed by atoms with Crippen molar-refractivity contribution in [2.75, 3.05) is 7.05 Å². The van der Waals surface area contributed by atoms with E-state index < -0.39 is 0 Å². The molecule has 1 unspecified atom stereocenters. The SMILES string of the molecule is C=CC(C)C=NC. The Balaban J connectivity index is 3.35. The van der Waals surface area contributed by atoms with E-state index in [-0.39, 0.29) is 0 Å². The lowest BCUT2D eigenvalue weighted by atomic mass is 10.2. The van der Waals surface area contributed by atoms with Crippen molar-refractivity contribution >= 4 is 6.21 Å². The van der Waals surface area contributed by atoms with Crippen LogP contribution in [-0.2, 0) is 0 Å². The number of rotatable bonds is 2. The molecule has 0 fully saturated rings. The fourth-order valence-corrected chi connectivity index (χ4v) is 0.296. The number of allylic oxidation sites excluding steroid dienone is 1. The predicted octanol–water partition coefficient (Wildman–Crippen LogP) is 1.51. The predicted molar refractivity (Wildman–Crippen MR) is 33.8 cm³/mol. The van der Waals surface area contributed by atoms with Crippen LogP contribution in [0.3, 0.4) is 0 Å². The van der Waals surface area contributed by atoms with Crippen molar-refractivity contribution in [1.82, 2.24) is 0 Å². The second-order valence-electron chi connectivity index (χ2n) is 1.50. The van der Waals surface area contributed by atoms with E-state index in [9.17, 15) is 0 Å². The van der Waals surface area contributed by atoms with E-state index in [0.717, 1.165) is 0 Å². The van der Waals surface area contributed by atoms with Crippen LogP contribution in [0.25, 0.3) is 0 Å². The third-order valence-corrected chi connectivity index (χ3v) is 0.756. The molecule has 1 atom stereocenters. The lowest BCUT2D eigenvalue weighted by molar-refractivity contribution is 1.02. The first kappa shape index (κ1) is 6.41. The Morgan fingerprint density at radius 2 is 2.29 bits per heavy atom. The first-order chi connectivity index (χ1) is 3.31. The normalized spacial score (nSPS) is 14.6. The molecule has 0 aromatic heterocycles. The quantitative estimate of drug-likeness (QED) is 0.366. The Hall–Kier alpha value is -0.590. The Morgan fingerprint density at radius 3 is 2.43 bits per heavy atom. The van der Waals surface area contributed by atoms with Crippen molar-refractivity contribution < 1.29 is 0 Å². The molecule has 0 aliphatic rings. The molecule has 0 radical (unpaired) electrons. The summed E-state index contributed by atoms with van der Waals surface area (Å²) < 4.78 is 0. The van der Waals surface area contributed by atoms with Gasteiger partial charge >= 0.3 is 0 Å². The summed E-state index contributed by atoms with van der Waals surface area (Å²) in [4.78, 5) is 3.81. The minimum atomic E-state index is 0.421. The molecule has 0 aromatic carbocycles. The maximum atomic E-state index is 3.81. The molecule has 40 valence electrons. The first-order valence-corrected chi connectivity index (χ1v) is 2.36. The molecule has 0 aromatic rings. The van der Waals surface area contributed by atoms with E-state index in [2.05, 4.69) is 11.6 Å². The van der Waals surface area contributed by atoms with Gasteiger partial charge < -0.3 is 4.99 Å². The minimum absolute atomic E-state index is 0.421. The Labute approximate surface area is 44.8 Å². The van der Waals surface area contributed by atoms with E-state index >= 15 is 0 Å². The number of aliphatic imine (C=N–C) groups is 1. The standard InChI is InChI=1S/C6H11N/c1-4-6(2)5-7-3/h4-6H,1H2,2-3H3. The highest BCUT2D eigenvalue weighted by Crippen LogP contribution is 1.87. The summed E-state index contributed by atoms with van der Waals surface area (Å²) in [5.41, 5.74) is 0. The fraction of sp³-hybridized carbons (Fsp3) is 0.500. The van der Waals surface area contributed by atoms with Gasteiger partial charge in [-0.3, -0.25) is 0 Å². The fourth-order valence-electron chi connectivity index (χ4n) is 0.296. The molecule has 0 aliphatic carbocycles. The molecular formula is C6H11N. The second-order valence-corrected chi connectivity index (χ2v) is 1.50. The van der Waals surface area contributed by atoms with Gasteiger partial charge in [0.05, 0.1) is 0 Å². The maximum absolute atomic E-state index is 3.81. The summed E-state index contributed by atoms with van der Waals surface area (Å²) in [6.07, 6.45) is 3.71. The topological polar surface area (TPSA) is 12.4 Å². The molecule has 0 heterocycles. The van der Waals surface area contributed by atoms with Gasteiger partial charge in [-0.2, -0.15) is 0 Å². The summed E-state index contributed by atoms with van der Waals surface area (Å²) in [6.45, 7) is 5.63. The molecular weight excluding hydrogens is 86.1 g/mol. The summed E-state index contributed by atoms with van der Waals surface area (Å²) >= 11 is 0. The van der Waals surface area contributed by atoms with E-state index in [1.54, 1.807) is 7.05 Å². The largest absolute Gasteiger partial charge is 0.300 e. The zero-order valence-corrected chi connectivity index (χ0v) is 4.89. The average molecular weight is 97.2 g/mol. The van der Waals surface area contributed by atoms with Crippen LogP contribution >= 0.6 is 0 Å². The van der Waals surface area contributed by atoms with Gasteiger partial charge in [0.15, 0.2) is 0 Å². The van der Waals surface area contributed by atoms with Crippen LogP contribution in [0, 0.1) is 5.92 Å². The molecule has 0 rings (SSSR count). The van der Waals surface area contributed by atoms with Gasteiger partial charge in [0.25, 0.3) is 0 Å². The molecule has 7 heavy (non-hydrogen) atoms. The molecule has 0 spiro atoms. The molecule has 0 amide bonds. The van der Waals surface area contributed by atoms with Crippen molar-refractivity contribution in [2.45, 2.75) is 6.92 Å². The molecule has 0 saturated heterocycles. The lowest BCUT2D eigenvalue weighted by Gasteiger charge is -1.89. The molecule has 0 aliphatic heterocycles. The monoisotopic (exact) mass is 97.1 g/mol. The lowest BCUT2D eigenvalue weighted by Crippen LogP contribution is -1.87. The van der Waals surface area contributed by atoms with Crippen molar-refractivity contribution in [2.24, 2.45) is 10.9 Å². The highest BCUT2D eigenvalue weighted by atomic mass is 14.6. The van der Waals surface area contributed by atoms with Crippen LogP contribution < -0.4 is 0 Å². The highest BCUT2D eigenvalue weighted by Gasteiger charge is 1.82. The van der Waals surface area contributed by atoms with Gasteiger partial charge in [-0.15, -0.1) is 6.58 Å². The summed E-state index contributed by atoms with van der Waals surface area (Å²) in [7, 11) is 1.76. The van der Waals surface area contributed by atoms with Crippen molar-refractivity contribution in [3.05, 3.63) is 12.7 Å². The van der Waals surface area contributed by atoms with Gasteiger partial charge in [-0.05, 0) is 0 Å². The smallest absolute Gasteiger partial charge is 0.0273 e. The molecule has 1 heteroatoms. The molecule has 1 nitrogen and oxygen atoms in total. The average Bonchev–Trinajstić information content (AvgIpc) is 1.68. The van der Waals surface area contributed by atoms with Crippen LogP contribution in [0.2, 0.25) is 0 Å². The molecule has 0 bridgehead atoms. The van der Waals surface area contributed by atoms with Gasteiger partial charge in [0.2, 0.25) is 0 Å². The van der Waals surface area contributed by atoms with Gasteiger partial charge in [-0.1, -0.05) is 13.0 Å². The second kappa shape index (κ2) is 3.59. The first-order valence-electron chi connectivity index (χ1n) is 2.36. The van der Waals surface area contributed by atoms with Crippen molar-refractivity contribution in [3.8, 4) is 0 Å². The number of hydrogen-bond acceptors (Lipinski definition) is 1. The third kappa shape index (κ3) is 3.23. The zero-order chi connectivity index (χ0) is 5.70. The van der Waals surface area contributed by atoms with Gasteiger partial charge in [0, 0.05) is 19.2 Å². The Morgan fingerprint density at radius 1 is 1.71 bits per heavy atom. The van der Waals surface area contributed by atoms with Crippen molar-refractivity contribution in [1.29, 1.82) is 0 Å². The zero-order valence-electron chi connectivity index (χ0n) is 4.89. The van der Waals surface area contributed by atoms with Crippen molar-refractivity contribution in [3.63, 3.8) is 0 Å². The van der Waals surface area contributed by atoms with Crippen LogP contribution in [0.1, 0.15) is 6.92 Å². The molecule has 0 saturated carbocycles. The van der Waals surface area contributed by atoms with E-state index in [0.29, 0.717) is 5.92 Å². The van der Waals surface area contributed by atoms with E-state index in [1.807, 2.05) is 19.2 Å². The van der Waals surface area contributed by atoms with Crippen LogP contribution in [0.5, 0.6) is 0 Å². The van der Waals surface area contributed by atoms with Gasteiger partial charge in [-0.25, -0.2) is 0 Å². The molecule has 0 N–H and O–H groups in total. The van der Waals surface area contributed by atoms with E-state index in [4.69, 9.17) is 0 Å². The maximum Gasteiger partial charge on any atom is 0.0273 e. The van der Waals surface area contributed by atoms with Crippen LogP contribution in [-0.4, -0.2) is 13.3 Å². The summed E-state index contributed by atoms with van der Waals surface area (Å²) in [6, 6.07) is 0. The summed E-state index contributed by atoms with van der Waals surface area (Å²) in [5.74, 6) is 0.421. The van der Waals surface area contributed by atoms with Crippen LogP contribution in [0.15, 0.2) is 17.6 Å². The van der Waals surface area contributed by atoms with Crippen LogP contribution in [0.4, 0.5) is 0 Å². The number of hydrogen-bond donors (Lipinski definition) is 0. The van der Waals surface area contributed by atoms with E-state index in [1.165, 1.54) is 0 Å². The Bertz CT molecular complexity index is 74.2. The highest BCUT2D eigenvalue weighted by molar-refractivity contribution is 5.62. The minimum Gasteiger partial charge on any atom is -0.300 e. The third-order valence-electron chi connectivity index (χ3n) is 0.756. The number of nitrogens with zero attached hydrogens (tertiary/aromatic N) is 1.